The van der Waals surface area contributed by atoms with E-state index in [9.17, 15) is 14.0 Å². The largest absolute Gasteiger partial charge is 0.343 e. The number of hydrogen-bond donors (Lipinski definition) is 1. The molecule has 1 amide bonds. The Morgan fingerprint density at radius 2 is 1.75 bits per heavy atom. The van der Waals surface area contributed by atoms with Crippen LogP contribution in [0.15, 0.2) is 24.3 Å². The van der Waals surface area contributed by atoms with E-state index < -0.39 is 0 Å². The van der Waals surface area contributed by atoms with Gasteiger partial charge in [-0.2, -0.15) is 0 Å². The Labute approximate surface area is 117 Å². The summed E-state index contributed by atoms with van der Waals surface area (Å²) in [5.41, 5.74) is 6.23. The number of rotatable bonds is 4. The molecule has 1 fully saturated rings. The van der Waals surface area contributed by atoms with Crippen molar-refractivity contribution in [1.82, 2.24) is 4.90 Å². The third-order valence-electron chi connectivity index (χ3n) is 3.62. The minimum Gasteiger partial charge on any atom is -0.343 e. The van der Waals surface area contributed by atoms with Crippen molar-refractivity contribution in [3.05, 3.63) is 35.6 Å². The lowest BCUT2D eigenvalue weighted by Gasteiger charge is -2.30. The first-order chi connectivity index (χ1) is 9.56. The fourth-order valence-electron chi connectivity index (χ4n) is 2.31. The predicted molar refractivity (Wildman–Crippen MR) is 73.8 cm³/mol. The van der Waals surface area contributed by atoms with Crippen LogP contribution in [-0.4, -0.2) is 35.7 Å². The fourth-order valence-corrected chi connectivity index (χ4v) is 2.31. The van der Waals surface area contributed by atoms with Gasteiger partial charge in [0.15, 0.2) is 5.78 Å². The molecule has 0 bridgehead atoms. The molecule has 108 valence electrons. The number of amides is 1. The summed E-state index contributed by atoms with van der Waals surface area (Å²) in [5, 5.41) is 0. The van der Waals surface area contributed by atoms with E-state index >= 15 is 0 Å². The van der Waals surface area contributed by atoms with Gasteiger partial charge in [-0.25, -0.2) is 4.39 Å². The Balaban J connectivity index is 1.81. The molecule has 0 saturated carbocycles. The highest BCUT2D eigenvalue weighted by Gasteiger charge is 2.21. The second kappa shape index (κ2) is 6.61. The van der Waals surface area contributed by atoms with E-state index in [1.165, 1.54) is 24.3 Å². The summed E-state index contributed by atoms with van der Waals surface area (Å²) in [7, 11) is 0. The summed E-state index contributed by atoms with van der Waals surface area (Å²) < 4.78 is 12.8. The Morgan fingerprint density at radius 1 is 1.15 bits per heavy atom. The van der Waals surface area contributed by atoms with Crippen molar-refractivity contribution in [2.24, 2.45) is 5.73 Å². The Hall–Kier alpha value is -1.75. The number of hydrogen-bond acceptors (Lipinski definition) is 3. The van der Waals surface area contributed by atoms with Gasteiger partial charge in [0, 0.05) is 37.5 Å². The summed E-state index contributed by atoms with van der Waals surface area (Å²) >= 11 is 0. The minimum atomic E-state index is -0.373. The van der Waals surface area contributed by atoms with Gasteiger partial charge in [0.2, 0.25) is 5.91 Å². The average Bonchev–Trinajstić information content (AvgIpc) is 2.46. The lowest BCUT2D eigenvalue weighted by molar-refractivity contribution is -0.132. The van der Waals surface area contributed by atoms with Gasteiger partial charge in [-0.15, -0.1) is 0 Å². The molecule has 2 N–H and O–H groups in total. The van der Waals surface area contributed by atoms with Crippen molar-refractivity contribution < 1.29 is 14.0 Å². The van der Waals surface area contributed by atoms with E-state index in [0.29, 0.717) is 18.7 Å². The molecular weight excluding hydrogens is 259 g/mol. The molecule has 4 nitrogen and oxygen atoms in total. The van der Waals surface area contributed by atoms with Gasteiger partial charge < -0.3 is 10.6 Å². The van der Waals surface area contributed by atoms with Crippen LogP contribution in [0.25, 0.3) is 0 Å². The molecule has 0 atom stereocenters. The summed E-state index contributed by atoms with van der Waals surface area (Å²) in [6.07, 6.45) is 1.99. The maximum Gasteiger partial charge on any atom is 0.223 e. The van der Waals surface area contributed by atoms with Crippen LogP contribution in [0.2, 0.25) is 0 Å². The zero-order valence-electron chi connectivity index (χ0n) is 11.3. The average molecular weight is 278 g/mol. The lowest BCUT2D eigenvalue weighted by atomic mass is 10.0. The van der Waals surface area contributed by atoms with E-state index in [0.717, 1.165) is 12.8 Å². The number of Topliss-reactive ketones (excluding diaryl/α,β-unsaturated/α-hetero) is 1. The molecule has 0 unspecified atom stereocenters. The first-order valence-corrected chi connectivity index (χ1v) is 6.88. The molecule has 20 heavy (non-hydrogen) atoms. The highest BCUT2D eigenvalue weighted by atomic mass is 19.1. The second-order valence-electron chi connectivity index (χ2n) is 5.15. The first-order valence-electron chi connectivity index (χ1n) is 6.88. The van der Waals surface area contributed by atoms with E-state index in [1.54, 1.807) is 4.90 Å². The molecular formula is C15H19FN2O2. The smallest absolute Gasteiger partial charge is 0.223 e. The van der Waals surface area contributed by atoms with Crippen LogP contribution in [0.1, 0.15) is 36.0 Å². The third-order valence-corrected chi connectivity index (χ3v) is 3.62. The molecule has 2 rings (SSSR count). The molecule has 0 aromatic heterocycles. The maximum atomic E-state index is 12.8. The van der Waals surface area contributed by atoms with Crippen LogP contribution >= 0.6 is 0 Å². The molecule has 1 aliphatic rings. The molecule has 1 aromatic carbocycles. The van der Waals surface area contributed by atoms with Gasteiger partial charge >= 0.3 is 0 Å². The minimum absolute atomic E-state index is 0.00707. The molecule has 0 aliphatic carbocycles. The zero-order chi connectivity index (χ0) is 14.5. The standard InChI is InChI=1S/C15H19FN2O2/c16-12-3-1-11(2-4-12)14(19)5-6-15(20)18-9-7-13(17)8-10-18/h1-4,13H,5-10,17H2. The van der Waals surface area contributed by atoms with Crippen LogP contribution in [0.5, 0.6) is 0 Å². The summed E-state index contributed by atoms with van der Waals surface area (Å²) in [6.45, 7) is 1.34. The van der Waals surface area contributed by atoms with Gasteiger partial charge in [-0.05, 0) is 37.1 Å². The maximum absolute atomic E-state index is 12.8. The Kier molecular flexibility index (Phi) is 4.84. The topological polar surface area (TPSA) is 63.4 Å². The number of halogens is 1. The molecule has 5 heteroatoms. The number of carbonyl (C=O) groups is 2. The molecule has 1 aromatic rings. The molecule has 1 saturated heterocycles. The predicted octanol–water partition coefficient (Wildman–Crippen LogP) is 1.74. The van der Waals surface area contributed by atoms with Gasteiger partial charge in [-0.3, -0.25) is 9.59 Å². The van der Waals surface area contributed by atoms with Crippen molar-refractivity contribution in [2.75, 3.05) is 13.1 Å². The third kappa shape index (κ3) is 3.87. The quantitative estimate of drug-likeness (QED) is 0.853. The number of piperidine rings is 1. The van der Waals surface area contributed by atoms with Crippen molar-refractivity contribution in [3.8, 4) is 0 Å². The highest BCUT2D eigenvalue weighted by molar-refractivity contribution is 5.97. The van der Waals surface area contributed by atoms with Gasteiger partial charge in [0.05, 0.1) is 0 Å². The van der Waals surface area contributed by atoms with Gasteiger partial charge in [-0.1, -0.05) is 0 Å². The van der Waals surface area contributed by atoms with Crippen LogP contribution < -0.4 is 5.73 Å². The van der Waals surface area contributed by atoms with Crippen molar-refractivity contribution in [2.45, 2.75) is 31.7 Å². The van der Waals surface area contributed by atoms with Crippen molar-refractivity contribution in [3.63, 3.8) is 0 Å². The second-order valence-corrected chi connectivity index (χ2v) is 5.15. The SMILES string of the molecule is NC1CCN(C(=O)CCC(=O)c2ccc(F)cc2)CC1. The van der Waals surface area contributed by atoms with E-state index in [4.69, 9.17) is 5.73 Å². The number of ketones is 1. The normalized spacial score (nSPS) is 16.2. The lowest BCUT2D eigenvalue weighted by Crippen LogP contribution is -2.42. The van der Waals surface area contributed by atoms with Crippen molar-refractivity contribution >= 4 is 11.7 Å². The Morgan fingerprint density at radius 3 is 2.35 bits per heavy atom. The van der Waals surface area contributed by atoms with E-state index in [2.05, 4.69) is 0 Å². The summed E-state index contributed by atoms with van der Waals surface area (Å²) in [4.78, 5) is 25.6. The monoisotopic (exact) mass is 278 g/mol. The number of benzene rings is 1. The number of carbonyl (C=O) groups excluding carboxylic acids is 2. The Bertz CT molecular complexity index is 479. The molecule has 0 radical (unpaired) electrons. The summed E-state index contributed by atoms with van der Waals surface area (Å²) in [5.74, 6) is -0.512. The zero-order valence-corrected chi connectivity index (χ0v) is 11.3. The highest BCUT2D eigenvalue weighted by Crippen LogP contribution is 2.12. The number of nitrogens with zero attached hydrogens (tertiary/aromatic N) is 1. The van der Waals surface area contributed by atoms with E-state index in [1.807, 2.05) is 0 Å². The molecule has 1 heterocycles. The van der Waals surface area contributed by atoms with Crippen LogP contribution in [0.4, 0.5) is 4.39 Å². The van der Waals surface area contributed by atoms with Crippen LogP contribution in [0, 0.1) is 5.82 Å². The fraction of sp³-hybridized carbons (Fsp3) is 0.467. The summed E-state index contributed by atoms with van der Waals surface area (Å²) in [6, 6.07) is 5.58. The van der Waals surface area contributed by atoms with Crippen LogP contribution in [0.3, 0.4) is 0 Å². The molecule has 0 spiro atoms. The van der Waals surface area contributed by atoms with Crippen molar-refractivity contribution in [1.29, 1.82) is 0 Å². The van der Waals surface area contributed by atoms with Gasteiger partial charge in [0.1, 0.15) is 5.82 Å². The van der Waals surface area contributed by atoms with E-state index in [-0.39, 0.29) is 36.4 Å². The molecule has 1 aliphatic heterocycles. The number of nitrogens with two attached hydrogens (primary N) is 1. The number of likely N-dealkylation sites (tertiary alicyclic amines) is 1. The first kappa shape index (κ1) is 14.7. The van der Waals surface area contributed by atoms with Crippen LogP contribution in [-0.2, 0) is 4.79 Å². The van der Waals surface area contributed by atoms with Gasteiger partial charge in [0.25, 0.3) is 0 Å².